The molecule has 0 aliphatic rings. The number of carbonyl (C=O) groups excluding carboxylic acids is 2. The minimum absolute atomic E-state index is 0.125. The van der Waals surface area contributed by atoms with E-state index in [0.29, 0.717) is 5.56 Å². The van der Waals surface area contributed by atoms with Gasteiger partial charge in [-0.2, -0.15) is 0 Å². The third kappa shape index (κ3) is 4.68. The summed E-state index contributed by atoms with van der Waals surface area (Å²) in [4.78, 5) is 26.6. The fraction of sp³-hybridized carbons (Fsp3) is 0.217. The van der Waals surface area contributed by atoms with Crippen LogP contribution in [-0.4, -0.2) is 32.5 Å². The average Bonchev–Trinajstić information content (AvgIpc) is 2.69. The van der Waals surface area contributed by atoms with E-state index in [2.05, 4.69) is 10.6 Å². The number of nitrogens with one attached hydrogen (secondary N) is 2. The molecule has 3 aromatic carbocycles. The van der Waals surface area contributed by atoms with Crippen molar-refractivity contribution >= 4 is 34.0 Å². The maximum Gasteiger partial charge on any atom is 0.251 e. The Bertz CT molecular complexity index is 1010. The number of hydrogen-bond donors (Lipinski definition) is 2. The van der Waals surface area contributed by atoms with Crippen molar-refractivity contribution in [3.8, 4) is 0 Å². The number of carbonyl (C=O) groups is 2. The van der Waals surface area contributed by atoms with Crippen molar-refractivity contribution in [2.45, 2.75) is 13.3 Å². The van der Waals surface area contributed by atoms with Crippen LogP contribution in [-0.2, 0) is 4.79 Å². The molecule has 0 heterocycles. The van der Waals surface area contributed by atoms with Crippen LogP contribution in [0.3, 0.4) is 0 Å². The molecular weight excluding hydrogens is 350 g/mol. The summed E-state index contributed by atoms with van der Waals surface area (Å²) in [6.45, 7) is 2.25. The van der Waals surface area contributed by atoms with Crippen molar-refractivity contribution in [1.29, 1.82) is 0 Å². The summed E-state index contributed by atoms with van der Waals surface area (Å²) in [6, 6.07) is 19.4. The first-order valence-electron chi connectivity index (χ1n) is 9.29. The quantitative estimate of drug-likeness (QED) is 0.685. The summed E-state index contributed by atoms with van der Waals surface area (Å²) in [5.41, 5.74) is 3.46. The summed E-state index contributed by atoms with van der Waals surface area (Å²) >= 11 is 0. The molecule has 0 aliphatic heterocycles. The van der Waals surface area contributed by atoms with Crippen molar-refractivity contribution in [2.75, 3.05) is 30.9 Å². The van der Waals surface area contributed by atoms with Crippen LogP contribution in [0.5, 0.6) is 0 Å². The highest BCUT2D eigenvalue weighted by Gasteiger charge is 2.09. The van der Waals surface area contributed by atoms with Crippen LogP contribution in [0.2, 0.25) is 0 Å². The Hall–Kier alpha value is -3.34. The molecule has 0 saturated carbocycles. The minimum Gasteiger partial charge on any atom is -0.378 e. The van der Waals surface area contributed by atoms with Gasteiger partial charge in [0.25, 0.3) is 5.91 Å². The molecule has 0 radical (unpaired) electrons. The van der Waals surface area contributed by atoms with E-state index in [1.54, 1.807) is 6.07 Å². The lowest BCUT2D eigenvalue weighted by atomic mass is 10.1. The number of rotatable bonds is 6. The van der Waals surface area contributed by atoms with E-state index in [0.717, 1.165) is 27.7 Å². The summed E-state index contributed by atoms with van der Waals surface area (Å²) < 4.78 is 0. The van der Waals surface area contributed by atoms with Gasteiger partial charge in [-0.1, -0.05) is 30.3 Å². The molecule has 0 aliphatic carbocycles. The van der Waals surface area contributed by atoms with Gasteiger partial charge in [0, 0.05) is 44.0 Å². The Morgan fingerprint density at radius 1 is 0.929 bits per heavy atom. The average molecular weight is 375 g/mol. The molecule has 5 heteroatoms. The molecule has 3 aromatic rings. The number of benzene rings is 3. The fourth-order valence-corrected chi connectivity index (χ4v) is 3.00. The molecule has 0 unspecified atom stereocenters. The minimum atomic E-state index is -0.176. The lowest BCUT2D eigenvalue weighted by molar-refractivity contribution is -0.116. The van der Waals surface area contributed by atoms with Crippen LogP contribution in [0.1, 0.15) is 22.3 Å². The van der Waals surface area contributed by atoms with E-state index >= 15 is 0 Å². The normalized spacial score (nSPS) is 10.5. The number of anilines is 2. The van der Waals surface area contributed by atoms with E-state index in [1.165, 1.54) is 0 Å². The van der Waals surface area contributed by atoms with E-state index in [9.17, 15) is 9.59 Å². The summed E-state index contributed by atoms with van der Waals surface area (Å²) in [7, 11) is 3.95. The number of nitrogens with zero attached hydrogens (tertiary/aromatic N) is 1. The highest BCUT2D eigenvalue weighted by molar-refractivity contribution is 5.99. The molecule has 0 spiro atoms. The Labute approximate surface area is 165 Å². The van der Waals surface area contributed by atoms with Gasteiger partial charge in [0.2, 0.25) is 5.91 Å². The standard InChI is InChI=1S/C23H25N3O2/c1-16-14-20(26(2)3)10-11-21(16)25-22(27)12-13-24-23(28)19-9-8-17-6-4-5-7-18(17)15-19/h4-11,14-15H,12-13H2,1-3H3,(H,24,28)(H,25,27). The van der Waals surface area contributed by atoms with Crippen molar-refractivity contribution < 1.29 is 9.59 Å². The van der Waals surface area contributed by atoms with Crippen LogP contribution >= 0.6 is 0 Å². The van der Waals surface area contributed by atoms with Crippen molar-refractivity contribution in [2.24, 2.45) is 0 Å². The zero-order valence-corrected chi connectivity index (χ0v) is 16.5. The number of hydrogen-bond acceptors (Lipinski definition) is 3. The lowest BCUT2D eigenvalue weighted by Gasteiger charge is -2.15. The Morgan fingerprint density at radius 2 is 1.68 bits per heavy atom. The van der Waals surface area contributed by atoms with Crippen LogP contribution in [0.15, 0.2) is 60.7 Å². The monoisotopic (exact) mass is 375 g/mol. The molecule has 2 N–H and O–H groups in total. The van der Waals surface area contributed by atoms with Gasteiger partial charge in [0.05, 0.1) is 0 Å². The molecule has 0 fully saturated rings. The van der Waals surface area contributed by atoms with Crippen LogP contribution in [0, 0.1) is 6.92 Å². The second-order valence-electron chi connectivity index (χ2n) is 7.01. The predicted octanol–water partition coefficient (Wildman–Crippen LogP) is 3.97. The molecule has 5 nitrogen and oxygen atoms in total. The summed E-state index contributed by atoms with van der Waals surface area (Å²) in [5.74, 6) is -0.301. The van der Waals surface area contributed by atoms with Crippen molar-refractivity contribution in [3.63, 3.8) is 0 Å². The zero-order valence-electron chi connectivity index (χ0n) is 16.5. The molecule has 0 aromatic heterocycles. The van der Waals surface area contributed by atoms with Gasteiger partial charge in [-0.25, -0.2) is 0 Å². The maximum atomic E-state index is 12.3. The van der Waals surface area contributed by atoms with Gasteiger partial charge in [-0.3, -0.25) is 9.59 Å². The number of amides is 2. The third-order valence-corrected chi connectivity index (χ3v) is 4.65. The molecule has 0 atom stereocenters. The second kappa shape index (κ2) is 8.57. The number of fused-ring (bicyclic) bond motifs is 1. The third-order valence-electron chi connectivity index (χ3n) is 4.65. The smallest absolute Gasteiger partial charge is 0.251 e. The molecule has 144 valence electrons. The second-order valence-corrected chi connectivity index (χ2v) is 7.01. The Balaban J connectivity index is 1.52. The van der Waals surface area contributed by atoms with E-state index in [1.807, 2.05) is 80.5 Å². The van der Waals surface area contributed by atoms with Crippen molar-refractivity contribution in [1.82, 2.24) is 5.32 Å². The van der Waals surface area contributed by atoms with E-state index in [4.69, 9.17) is 0 Å². The van der Waals surface area contributed by atoms with Gasteiger partial charge in [0.15, 0.2) is 0 Å². The zero-order chi connectivity index (χ0) is 20.1. The molecular formula is C23H25N3O2. The SMILES string of the molecule is Cc1cc(N(C)C)ccc1NC(=O)CCNC(=O)c1ccc2ccccc2c1. The van der Waals surface area contributed by atoms with Crippen LogP contribution < -0.4 is 15.5 Å². The van der Waals surface area contributed by atoms with Gasteiger partial charge in [-0.05, 0) is 53.6 Å². The highest BCUT2D eigenvalue weighted by atomic mass is 16.2. The first-order chi connectivity index (χ1) is 13.4. The van der Waals surface area contributed by atoms with Gasteiger partial charge in [0.1, 0.15) is 0 Å². The first kappa shape index (κ1) is 19.4. The van der Waals surface area contributed by atoms with Gasteiger partial charge < -0.3 is 15.5 Å². The summed E-state index contributed by atoms with van der Waals surface area (Å²) in [5, 5.41) is 7.83. The van der Waals surface area contributed by atoms with Crippen LogP contribution in [0.4, 0.5) is 11.4 Å². The predicted molar refractivity (Wildman–Crippen MR) is 115 cm³/mol. The van der Waals surface area contributed by atoms with Gasteiger partial charge >= 0.3 is 0 Å². The van der Waals surface area contributed by atoms with E-state index < -0.39 is 0 Å². The number of aryl methyl sites for hydroxylation is 1. The topological polar surface area (TPSA) is 61.4 Å². The molecule has 3 rings (SSSR count). The molecule has 28 heavy (non-hydrogen) atoms. The fourth-order valence-electron chi connectivity index (χ4n) is 3.00. The lowest BCUT2D eigenvalue weighted by Crippen LogP contribution is -2.27. The molecule has 0 saturated heterocycles. The molecule has 0 bridgehead atoms. The Kier molecular flexibility index (Phi) is 5.94. The van der Waals surface area contributed by atoms with Crippen molar-refractivity contribution in [3.05, 3.63) is 71.8 Å². The molecule has 2 amide bonds. The van der Waals surface area contributed by atoms with Gasteiger partial charge in [-0.15, -0.1) is 0 Å². The van der Waals surface area contributed by atoms with Crippen LogP contribution in [0.25, 0.3) is 10.8 Å². The first-order valence-corrected chi connectivity index (χ1v) is 9.29. The highest BCUT2D eigenvalue weighted by Crippen LogP contribution is 2.21. The Morgan fingerprint density at radius 3 is 2.39 bits per heavy atom. The largest absolute Gasteiger partial charge is 0.378 e. The van der Waals surface area contributed by atoms with E-state index in [-0.39, 0.29) is 24.8 Å². The maximum absolute atomic E-state index is 12.3. The summed E-state index contributed by atoms with van der Waals surface area (Å²) in [6.07, 6.45) is 0.216.